The summed E-state index contributed by atoms with van der Waals surface area (Å²) in [5, 5.41) is 10.2. The van der Waals surface area contributed by atoms with Crippen molar-refractivity contribution in [1.29, 1.82) is 0 Å². The molecule has 0 bridgehead atoms. The molecule has 1 saturated heterocycles. The van der Waals surface area contributed by atoms with Gasteiger partial charge in [0, 0.05) is 24.6 Å². The fourth-order valence-electron chi connectivity index (χ4n) is 4.37. The molecule has 2 rings (SSSR count). The number of carbonyl (C=O) groups excluding carboxylic acids is 1. The summed E-state index contributed by atoms with van der Waals surface area (Å²) < 4.78 is 12.3. The zero-order chi connectivity index (χ0) is 24.8. The van der Waals surface area contributed by atoms with E-state index in [4.69, 9.17) is 9.47 Å². The molecule has 3 atom stereocenters. The Bertz CT molecular complexity index is 833. The number of aryl methyl sites for hydroxylation is 1. The molecule has 1 aromatic heterocycles. The third-order valence-corrected chi connectivity index (χ3v) is 6.55. The number of nitrogens with one attached hydrogen (secondary N) is 1. The first-order valence-corrected chi connectivity index (χ1v) is 13.2. The predicted molar refractivity (Wildman–Crippen MR) is 132 cm³/mol. The second kappa shape index (κ2) is 15.9. The van der Waals surface area contributed by atoms with Crippen LogP contribution in [-0.2, 0) is 14.3 Å². The molecular formula is C26H44N2O6. The molecular weight excluding hydrogens is 436 g/mol. The van der Waals surface area contributed by atoms with Gasteiger partial charge in [-0.2, -0.15) is 0 Å². The Labute approximate surface area is 203 Å². The van der Waals surface area contributed by atoms with Gasteiger partial charge in [0.1, 0.15) is 18.9 Å². The smallest absolute Gasteiger partial charge is 0.330 e. The summed E-state index contributed by atoms with van der Waals surface area (Å²) in [6.07, 6.45) is 16.0. The van der Waals surface area contributed by atoms with E-state index in [0.29, 0.717) is 12.0 Å². The van der Waals surface area contributed by atoms with E-state index in [1.54, 1.807) is 6.92 Å². The van der Waals surface area contributed by atoms with Gasteiger partial charge < -0.3 is 14.6 Å². The van der Waals surface area contributed by atoms with Crippen molar-refractivity contribution in [2.75, 3.05) is 6.61 Å². The van der Waals surface area contributed by atoms with Gasteiger partial charge in [-0.15, -0.1) is 0 Å². The molecule has 0 spiro atoms. The lowest BCUT2D eigenvalue weighted by Gasteiger charge is -2.16. The highest BCUT2D eigenvalue weighted by atomic mass is 16.6. The zero-order valence-corrected chi connectivity index (χ0v) is 21.1. The van der Waals surface area contributed by atoms with Crippen molar-refractivity contribution in [1.82, 2.24) is 9.55 Å². The van der Waals surface area contributed by atoms with E-state index in [9.17, 15) is 19.5 Å². The van der Waals surface area contributed by atoms with Crippen LogP contribution >= 0.6 is 0 Å². The summed E-state index contributed by atoms with van der Waals surface area (Å²) >= 11 is 0. The predicted octanol–water partition coefficient (Wildman–Crippen LogP) is 4.52. The van der Waals surface area contributed by atoms with Crippen LogP contribution in [0.4, 0.5) is 0 Å². The van der Waals surface area contributed by atoms with Gasteiger partial charge in [-0.1, -0.05) is 84.0 Å². The van der Waals surface area contributed by atoms with Gasteiger partial charge in [0.05, 0.1) is 6.10 Å². The van der Waals surface area contributed by atoms with E-state index in [-0.39, 0.29) is 19.0 Å². The number of ether oxygens (including phenoxy) is 2. The summed E-state index contributed by atoms with van der Waals surface area (Å²) in [4.78, 5) is 37.8. The zero-order valence-electron chi connectivity index (χ0n) is 21.1. The van der Waals surface area contributed by atoms with E-state index >= 15 is 0 Å². The summed E-state index contributed by atoms with van der Waals surface area (Å²) in [6.45, 7) is 3.79. The van der Waals surface area contributed by atoms with Crippen molar-refractivity contribution >= 4 is 5.97 Å². The maximum absolute atomic E-state index is 12.0. The van der Waals surface area contributed by atoms with E-state index in [0.717, 1.165) is 19.3 Å². The highest BCUT2D eigenvalue weighted by Crippen LogP contribution is 2.28. The van der Waals surface area contributed by atoms with Gasteiger partial charge in [-0.25, -0.2) is 4.79 Å². The van der Waals surface area contributed by atoms with E-state index in [1.165, 1.54) is 75.0 Å². The first-order chi connectivity index (χ1) is 16.4. The Kier molecular flexibility index (Phi) is 13.2. The highest BCUT2D eigenvalue weighted by Gasteiger charge is 2.36. The number of rotatable bonds is 17. The highest BCUT2D eigenvalue weighted by molar-refractivity contribution is 5.69. The normalized spacial score (nSPS) is 20.0. The summed E-state index contributed by atoms with van der Waals surface area (Å²) in [5.41, 5.74) is -0.656. The number of H-pyrrole nitrogens is 1. The molecule has 0 saturated carbocycles. The van der Waals surface area contributed by atoms with Gasteiger partial charge in [-0.3, -0.25) is 19.1 Å². The minimum Gasteiger partial charge on any atom is -0.463 e. The topological polar surface area (TPSA) is 111 Å². The lowest BCUT2D eigenvalue weighted by atomic mass is 10.0. The molecule has 194 valence electrons. The molecule has 8 nitrogen and oxygen atoms in total. The Morgan fingerprint density at radius 3 is 2.18 bits per heavy atom. The Balaban J connectivity index is 1.51. The number of unbranched alkanes of at least 4 members (excludes halogenated alkanes) is 12. The lowest BCUT2D eigenvalue weighted by molar-refractivity contribution is -0.150. The molecule has 0 aromatic carbocycles. The van der Waals surface area contributed by atoms with Gasteiger partial charge in [-0.05, 0) is 13.3 Å². The second-order valence-corrected chi connectivity index (χ2v) is 9.59. The van der Waals surface area contributed by atoms with E-state index in [1.807, 2.05) is 0 Å². The van der Waals surface area contributed by atoms with E-state index < -0.39 is 29.7 Å². The molecule has 0 aliphatic carbocycles. The number of aromatic amines is 1. The van der Waals surface area contributed by atoms with Crippen LogP contribution in [0.3, 0.4) is 0 Å². The summed E-state index contributed by atoms with van der Waals surface area (Å²) in [5.74, 6) is -0.292. The number of esters is 1. The van der Waals surface area contributed by atoms with Crippen molar-refractivity contribution in [2.45, 2.75) is 129 Å². The van der Waals surface area contributed by atoms with Gasteiger partial charge in [0.15, 0.2) is 0 Å². The number of aromatic nitrogens is 2. The van der Waals surface area contributed by atoms with Crippen LogP contribution in [0.15, 0.2) is 15.8 Å². The maximum Gasteiger partial charge on any atom is 0.330 e. The monoisotopic (exact) mass is 480 g/mol. The van der Waals surface area contributed by atoms with Gasteiger partial charge in [0.2, 0.25) is 0 Å². The molecule has 1 aromatic rings. The van der Waals surface area contributed by atoms with Crippen LogP contribution in [0.2, 0.25) is 0 Å². The molecule has 2 heterocycles. The summed E-state index contributed by atoms with van der Waals surface area (Å²) in [6, 6.07) is 0. The molecule has 1 fully saturated rings. The molecule has 8 heteroatoms. The maximum atomic E-state index is 12.0. The first-order valence-electron chi connectivity index (χ1n) is 13.2. The average molecular weight is 481 g/mol. The molecule has 2 N–H and O–H groups in total. The number of aliphatic hydroxyl groups is 1. The fourth-order valence-corrected chi connectivity index (χ4v) is 4.37. The lowest BCUT2D eigenvalue weighted by Crippen LogP contribution is -2.33. The SMILES string of the molecule is CCCCCCCCCCCCCCCC(=O)OC[C@H]1O[C@@H](n2cc(C)c(=O)[nH]c2=O)CC1O. The number of hydrogen-bond donors (Lipinski definition) is 2. The van der Waals surface area contributed by atoms with Crippen LogP contribution in [0.5, 0.6) is 0 Å². The van der Waals surface area contributed by atoms with Crippen molar-refractivity contribution in [3.8, 4) is 0 Å². The van der Waals surface area contributed by atoms with Crippen molar-refractivity contribution in [3.05, 3.63) is 32.6 Å². The van der Waals surface area contributed by atoms with Crippen molar-refractivity contribution < 1.29 is 19.4 Å². The number of hydrogen-bond acceptors (Lipinski definition) is 6. The molecule has 0 radical (unpaired) electrons. The van der Waals surface area contributed by atoms with Gasteiger partial charge in [0.25, 0.3) is 5.56 Å². The Morgan fingerprint density at radius 2 is 1.59 bits per heavy atom. The van der Waals surface area contributed by atoms with Crippen LogP contribution in [0.25, 0.3) is 0 Å². The van der Waals surface area contributed by atoms with Crippen LogP contribution in [0, 0.1) is 6.92 Å². The number of nitrogens with zero attached hydrogens (tertiary/aromatic N) is 1. The quantitative estimate of drug-likeness (QED) is 0.251. The molecule has 34 heavy (non-hydrogen) atoms. The molecule has 0 amide bonds. The first kappa shape index (κ1) is 28.3. The third kappa shape index (κ3) is 10.1. The van der Waals surface area contributed by atoms with Crippen LogP contribution in [-0.4, -0.2) is 39.4 Å². The largest absolute Gasteiger partial charge is 0.463 e. The minimum absolute atomic E-state index is 0.0496. The minimum atomic E-state index is -0.853. The standard InChI is InChI=1S/C26H44N2O6/c1-3-4-5-6-7-8-9-10-11-12-13-14-15-16-24(30)33-19-22-21(29)17-23(34-22)28-18-20(2)25(31)27-26(28)32/h18,21-23,29H,3-17,19H2,1-2H3,(H,27,31,32)/t21?,22-,23-/m1/s1. The summed E-state index contributed by atoms with van der Waals surface area (Å²) in [7, 11) is 0. The third-order valence-electron chi connectivity index (χ3n) is 6.55. The molecule has 1 unspecified atom stereocenters. The number of carbonyl (C=O) groups is 1. The van der Waals surface area contributed by atoms with E-state index in [2.05, 4.69) is 11.9 Å². The van der Waals surface area contributed by atoms with Crippen LogP contribution in [0.1, 0.15) is 115 Å². The number of aliphatic hydroxyl groups excluding tert-OH is 1. The van der Waals surface area contributed by atoms with Gasteiger partial charge >= 0.3 is 11.7 Å². The van der Waals surface area contributed by atoms with Crippen LogP contribution < -0.4 is 11.2 Å². The second-order valence-electron chi connectivity index (χ2n) is 9.59. The molecule has 1 aliphatic rings. The van der Waals surface area contributed by atoms with Crippen molar-refractivity contribution in [2.24, 2.45) is 0 Å². The van der Waals surface area contributed by atoms with Crippen molar-refractivity contribution in [3.63, 3.8) is 0 Å². The fraction of sp³-hybridized carbons (Fsp3) is 0.808. The molecule has 1 aliphatic heterocycles. The Hall–Kier alpha value is -1.93. The Morgan fingerprint density at radius 1 is 1.03 bits per heavy atom. The average Bonchev–Trinajstić information content (AvgIpc) is 3.18.